The summed E-state index contributed by atoms with van der Waals surface area (Å²) in [7, 11) is 1.39. The number of likely N-dealkylation sites (tertiary alicyclic amines) is 1. The molecule has 1 heterocycles. The third kappa shape index (κ3) is 3.63. The second-order valence-corrected chi connectivity index (χ2v) is 5.58. The van der Waals surface area contributed by atoms with Crippen molar-refractivity contribution in [2.45, 2.75) is 32.7 Å². The Kier molecular flexibility index (Phi) is 5.37. The van der Waals surface area contributed by atoms with Gasteiger partial charge in [-0.05, 0) is 12.0 Å². The molecule has 1 aliphatic rings. The Morgan fingerprint density at radius 1 is 1.33 bits per heavy atom. The fourth-order valence-electron chi connectivity index (χ4n) is 2.95. The average Bonchev–Trinajstić information content (AvgIpc) is 2.82. The minimum Gasteiger partial charge on any atom is -0.469 e. The van der Waals surface area contributed by atoms with Gasteiger partial charge in [-0.3, -0.25) is 9.59 Å². The second kappa shape index (κ2) is 7.25. The van der Waals surface area contributed by atoms with Crippen LogP contribution in [0.3, 0.4) is 0 Å². The maximum absolute atomic E-state index is 12.6. The molecule has 0 N–H and O–H groups in total. The Balaban J connectivity index is 2.10. The van der Waals surface area contributed by atoms with Crippen molar-refractivity contribution in [3.63, 3.8) is 0 Å². The summed E-state index contributed by atoms with van der Waals surface area (Å²) in [4.78, 5) is 26.3. The van der Waals surface area contributed by atoms with E-state index >= 15 is 0 Å². The molecule has 1 fully saturated rings. The third-order valence-corrected chi connectivity index (χ3v) is 4.12. The smallest absolute Gasteiger partial charge is 0.311 e. The van der Waals surface area contributed by atoms with E-state index in [2.05, 4.69) is 6.92 Å². The van der Waals surface area contributed by atoms with Gasteiger partial charge in [-0.1, -0.05) is 50.1 Å². The van der Waals surface area contributed by atoms with Gasteiger partial charge in [0, 0.05) is 13.1 Å². The molecular formula is C17H23NO3. The molecule has 4 nitrogen and oxygen atoms in total. The van der Waals surface area contributed by atoms with Crippen LogP contribution in [0, 0.1) is 11.8 Å². The monoisotopic (exact) mass is 289 g/mol. The van der Waals surface area contributed by atoms with Gasteiger partial charge in [0.05, 0.1) is 18.9 Å². The lowest BCUT2D eigenvalue weighted by molar-refractivity contribution is -0.147. The number of ether oxygens (including phenoxy) is 1. The fraction of sp³-hybridized carbons (Fsp3) is 0.529. The summed E-state index contributed by atoms with van der Waals surface area (Å²) >= 11 is 0. The molecule has 4 heteroatoms. The summed E-state index contributed by atoms with van der Waals surface area (Å²) in [5.41, 5.74) is 1.09. The highest BCUT2D eigenvalue weighted by Crippen LogP contribution is 2.31. The van der Waals surface area contributed by atoms with E-state index in [0.717, 1.165) is 24.8 Å². The van der Waals surface area contributed by atoms with Gasteiger partial charge in [0.2, 0.25) is 5.91 Å². The van der Waals surface area contributed by atoms with Crippen LogP contribution in [0.25, 0.3) is 0 Å². The van der Waals surface area contributed by atoms with Crippen molar-refractivity contribution >= 4 is 11.9 Å². The van der Waals surface area contributed by atoms with Gasteiger partial charge >= 0.3 is 5.97 Å². The molecule has 2 atom stereocenters. The molecule has 2 rings (SSSR count). The van der Waals surface area contributed by atoms with Crippen molar-refractivity contribution < 1.29 is 14.3 Å². The molecule has 21 heavy (non-hydrogen) atoms. The van der Waals surface area contributed by atoms with E-state index in [1.54, 1.807) is 4.90 Å². The van der Waals surface area contributed by atoms with Crippen LogP contribution in [0.4, 0.5) is 0 Å². The van der Waals surface area contributed by atoms with E-state index in [0.29, 0.717) is 13.1 Å². The van der Waals surface area contributed by atoms with E-state index in [4.69, 9.17) is 4.74 Å². The van der Waals surface area contributed by atoms with E-state index in [9.17, 15) is 9.59 Å². The molecule has 0 spiro atoms. The standard InChI is InChI=1S/C17H23NO3/c1-3-4-10-14-15(17(20)21-2)12-18(16(14)19)11-13-8-6-5-7-9-13/h5-9,14-15H,3-4,10-12H2,1-2H3/t14-,15+/m1/s1. The average molecular weight is 289 g/mol. The Morgan fingerprint density at radius 3 is 2.67 bits per heavy atom. The van der Waals surface area contributed by atoms with Crippen molar-refractivity contribution in [1.82, 2.24) is 4.90 Å². The zero-order valence-corrected chi connectivity index (χ0v) is 12.7. The van der Waals surface area contributed by atoms with Crippen molar-refractivity contribution in [2.75, 3.05) is 13.7 Å². The molecule has 114 valence electrons. The van der Waals surface area contributed by atoms with Gasteiger partial charge in [0.15, 0.2) is 0 Å². The number of benzene rings is 1. The number of esters is 1. The Bertz CT molecular complexity index is 486. The zero-order valence-electron chi connectivity index (χ0n) is 12.7. The summed E-state index contributed by atoms with van der Waals surface area (Å²) in [6.07, 6.45) is 2.75. The summed E-state index contributed by atoms with van der Waals surface area (Å²) in [6.45, 7) is 3.12. The molecule has 0 saturated carbocycles. The first-order valence-electron chi connectivity index (χ1n) is 7.58. The highest BCUT2D eigenvalue weighted by molar-refractivity contribution is 5.89. The first-order chi connectivity index (χ1) is 10.2. The summed E-state index contributed by atoms with van der Waals surface area (Å²) in [5, 5.41) is 0. The maximum Gasteiger partial charge on any atom is 0.311 e. The van der Waals surface area contributed by atoms with Crippen LogP contribution in [0.2, 0.25) is 0 Å². The summed E-state index contributed by atoms with van der Waals surface area (Å²) in [5.74, 6) is -0.721. The van der Waals surface area contributed by atoms with Crippen LogP contribution in [0.1, 0.15) is 31.7 Å². The van der Waals surface area contributed by atoms with Crippen molar-refractivity contribution in [2.24, 2.45) is 11.8 Å². The van der Waals surface area contributed by atoms with Crippen LogP contribution >= 0.6 is 0 Å². The number of methoxy groups -OCH3 is 1. The molecule has 1 amide bonds. The van der Waals surface area contributed by atoms with Crippen LogP contribution < -0.4 is 0 Å². The Morgan fingerprint density at radius 2 is 2.05 bits per heavy atom. The van der Waals surface area contributed by atoms with E-state index in [1.807, 2.05) is 30.3 Å². The minimum absolute atomic E-state index is 0.0858. The van der Waals surface area contributed by atoms with Gasteiger partial charge in [0.1, 0.15) is 0 Å². The van der Waals surface area contributed by atoms with Crippen molar-refractivity contribution in [1.29, 1.82) is 0 Å². The molecular weight excluding hydrogens is 266 g/mol. The van der Waals surface area contributed by atoms with Gasteiger partial charge < -0.3 is 9.64 Å². The molecule has 1 saturated heterocycles. The van der Waals surface area contributed by atoms with Gasteiger partial charge in [-0.2, -0.15) is 0 Å². The SMILES string of the molecule is CCCC[C@H]1C(=O)N(Cc2ccccc2)C[C@@H]1C(=O)OC. The number of unbranched alkanes of at least 4 members (excludes halogenated alkanes) is 1. The van der Waals surface area contributed by atoms with Crippen molar-refractivity contribution in [3.05, 3.63) is 35.9 Å². The summed E-state index contributed by atoms with van der Waals surface area (Å²) in [6, 6.07) is 9.88. The number of hydrogen-bond donors (Lipinski definition) is 0. The lowest BCUT2D eigenvalue weighted by Gasteiger charge is -2.16. The fourth-order valence-corrected chi connectivity index (χ4v) is 2.95. The van der Waals surface area contributed by atoms with Crippen molar-refractivity contribution in [3.8, 4) is 0 Å². The Labute approximate surface area is 126 Å². The van der Waals surface area contributed by atoms with Gasteiger partial charge in [-0.15, -0.1) is 0 Å². The van der Waals surface area contributed by atoms with Gasteiger partial charge in [-0.25, -0.2) is 0 Å². The van der Waals surface area contributed by atoms with Crippen LogP contribution in [0.5, 0.6) is 0 Å². The molecule has 1 aliphatic heterocycles. The predicted molar refractivity (Wildman–Crippen MR) is 80.4 cm³/mol. The summed E-state index contributed by atoms with van der Waals surface area (Å²) < 4.78 is 4.87. The molecule has 0 radical (unpaired) electrons. The second-order valence-electron chi connectivity index (χ2n) is 5.58. The van der Waals surface area contributed by atoms with Crippen LogP contribution in [-0.2, 0) is 20.9 Å². The highest BCUT2D eigenvalue weighted by Gasteiger charge is 2.44. The molecule has 1 aromatic carbocycles. The quantitative estimate of drug-likeness (QED) is 0.756. The van der Waals surface area contributed by atoms with Gasteiger partial charge in [0.25, 0.3) is 0 Å². The van der Waals surface area contributed by atoms with E-state index < -0.39 is 0 Å². The first-order valence-corrected chi connectivity index (χ1v) is 7.58. The third-order valence-electron chi connectivity index (χ3n) is 4.12. The highest BCUT2D eigenvalue weighted by atomic mass is 16.5. The van der Waals surface area contributed by atoms with Crippen LogP contribution in [0.15, 0.2) is 30.3 Å². The topological polar surface area (TPSA) is 46.6 Å². The lowest BCUT2D eigenvalue weighted by atomic mass is 9.90. The Hall–Kier alpha value is -1.84. The number of carbonyl (C=O) groups excluding carboxylic acids is 2. The molecule has 0 aliphatic carbocycles. The number of amides is 1. The number of carbonyl (C=O) groups is 2. The molecule has 1 aromatic rings. The van der Waals surface area contributed by atoms with Crippen LogP contribution in [-0.4, -0.2) is 30.4 Å². The molecule has 0 bridgehead atoms. The maximum atomic E-state index is 12.6. The molecule has 0 aromatic heterocycles. The van der Waals surface area contributed by atoms with E-state index in [-0.39, 0.29) is 23.7 Å². The van der Waals surface area contributed by atoms with E-state index in [1.165, 1.54) is 7.11 Å². The number of nitrogens with zero attached hydrogens (tertiary/aromatic N) is 1. The first kappa shape index (κ1) is 15.5. The predicted octanol–water partition coefficient (Wildman–Crippen LogP) is 2.62. The number of hydrogen-bond acceptors (Lipinski definition) is 3. The largest absolute Gasteiger partial charge is 0.469 e. The minimum atomic E-state index is -0.322. The normalized spacial score (nSPS) is 21.6. The lowest BCUT2D eigenvalue weighted by Crippen LogP contribution is -2.26. The molecule has 0 unspecified atom stereocenters. The zero-order chi connectivity index (χ0) is 15.2. The number of rotatable bonds is 6.